The van der Waals surface area contributed by atoms with Crippen LogP contribution in [-0.2, 0) is 6.61 Å². The molecule has 0 radical (unpaired) electrons. The van der Waals surface area contributed by atoms with Crippen molar-refractivity contribution in [2.75, 3.05) is 33.3 Å². The molecule has 6 heteroatoms. The third kappa shape index (κ3) is 5.03. The summed E-state index contributed by atoms with van der Waals surface area (Å²) in [6.07, 6.45) is 1.12. The van der Waals surface area contributed by atoms with Gasteiger partial charge in [-0.2, -0.15) is 0 Å². The molecule has 0 spiro atoms. The van der Waals surface area contributed by atoms with Crippen molar-refractivity contribution in [2.45, 2.75) is 19.1 Å². The second-order valence-electron chi connectivity index (χ2n) is 8.25. The molecular weight excluding hydrogens is 430 g/mol. The van der Waals surface area contributed by atoms with Crippen LogP contribution in [0.4, 0.5) is 0 Å². The standard InChI is InChI=1S/C27H29N3O2S/c1-31-24-18-21(12-13-23(24)32-19-20-8-3-2-4-9-20)26(30-16-7-14-28-15-17-30)27-29-22-10-5-6-11-25(22)33-27/h2-6,8-13,18,26,28H,7,14-17,19H2,1H3. The molecule has 1 saturated heterocycles. The van der Waals surface area contributed by atoms with E-state index in [4.69, 9.17) is 14.5 Å². The van der Waals surface area contributed by atoms with E-state index in [-0.39, 0.29) is 6.04 Å². The second kappa shape index (κ2) is 10.3. The van der Waals surface area contributed by atoms with Gasteiger partial charge in [-0.3, -0.25) is 4.90 Å². The average Bonchev–Trinajstić information content (AvgIpc) is 3.10. The number of nitrogens with one attached hydrogen (secondary N) is 1. The van der Waals surface area contributed by atoms with Gasteiger partial charge in [0.25, 0.3) is 0 Å². The lowest BCUT2D eigenvalue weighted by molar-refractivity contribution is 0.239. The Hall–Kier alpha value is -2.93. The minimum absolute atomic E-state index is 0.0828. The number of aromatic nitrogens is 1. The van der Waals surface area contributed by atoms with Gasteiger partial charge in [0.05, 0.1) is 23.4 Å². The van der Waals surface area contributed by atoms with Gasteiger partial charge in [0.15, 0.2) is 11.5 Å². The number of benzene rings is 3. The van der Waals surface area contributed by atoms with Crippen molar-refractivity contribution in [3.05, 3.63) is 88.9 Å². The number of fused-ring (bicyclic) bond motifs is 1. The molecule has 4 aromatic rings. The summed E-state index contributed by atoms with van der Waals surface area (Å²) in [5.74, 6) is 1.51. The minimum atomic E-state index is 0.0828. The fraction of sp³-hybridized carbons (Fsp3) is 0.296. The first-order valence-corrected chi connectivity index (χ1v) is 12.3. The Bertz CT molecular complexity index is 1150. The molecule has 1 aliphatic rings. The topological polar surface area (TPSA) is 46.6 Å². The van der Waals surface area contributed by atoms with Crippen LogP contribution in [0.3, 0.4) is 0 Å². The zero-order chi connectivity index (χ0) is 22.5. The number of hydrogen-bond acceptors (Lipinski definition) is 6. The number of rotatable bonds is 7. The Morgan fingerprint density at radius 3 is 2.67 bits per heavy atom. The average molecular weight is 460 g/mol. The maximum absolute atomic E-state index is 6.11. The number of para-hydroxylation sites is 1. The lowest BCUT2D eigenvalue weighted by Crippen LogP contribution is -2.33. The van der Waals surface area contributed by atoms with Crippen LogP contribution in [0.1, 0.15) is 28.6 Å². The van der Waals surface area contributed by atoms with Gasteiger partial charge in [-0.15, -0.1) is 11.3 Å². The van der Waals surface area contributed by atoms with Crippen LogP contribution in [0.25, 0.3) is 10.2 Å². The highest BCUT2D eigenvalue weighted by Crippen LogP contribution is 2.38. The Morgan fingerprint density at radius 1 is 0.970 bits per heavy atom. The Balaban J connectivity index is 1.48. The van der Waals surface area contributed by atoms with Crippen molar-refractivity contribution in [1.29, 1.82) is 0 Å². The van der Waals surface area contributed by atoms with Gasteiger partial charge in [0, 0.05) is 19.6 Å². The molecule has 1 aromatic heterocycles. The maximum atomic E-state index is 6.11. The molecule has 1 fully saturated rings. The molecule has 0 aliphatic carbocycles. The van der Waals surface area contributed by atoms with E-state index in [1.807, 2.05) is 24.3 Å². The van der Waals surface area contributed by atoms with Crippen molar-refractivity contribution < 1.29 is 9.47 Å². The summed E-state index contributed by atoms with van der Waals surface area (Å²) < 4.78 is 13.1. The molecule has 5 nitrogen and oxygen atoms in total. The quantitative estimate of drug-likeness (QED) is 0.408. The Morgan fingerprint density at radius 2 is 1.82 bits per heavy atom. The van der Waals surface area contributed by atoms with Crippen molar-refractivity contribution >= 4 is 21.6 Å². The molecule has 33 heavy (non-hydrogen) atoms. The van der Waals surface area contributed by atoms with E-state index in [0.29, 0.717) is 6.61 Å². The Kier molecular flexibility index (Phi) is 6.86. The highest BCUT2D eigenvalue weighted by atomic mass is 32.1. The molecule has 0 saturated carbocycles. The molecule has 1 unspecified atom stereocenters. The van der Waals surface area contributed by atoms with Crippen LogP contribution < -0.4 is 14.8 Å². The van der Waals surface area contributed by atoms with E-state index in [1.165, 1.54) is 10.3 Å². The molecule has 0 bridgehead atoms. The van der Waals surface area contributed by atoms with Gasteiger partial charge in [-0.05, 0) is 48.4 Å². The second-order valence-corrected chi connectivity index (χ2v) is 9.31. The predicted molar refractivity (Wildman–Crippen MR) is 134 cm³/mol. The molecule has 1 N–H and O–H groups in total. The summed E-state index contributed by atoms with van der Waals surface area (Å²) in [5, 5.41) is 4.65. The van der Waals surface area contributed by atoms with Gasteiger partial charge in [-0.1, -0.05) is 48.5 Å². The number of ether oxygens (including phenoxy) is 2. The monoisotopic (exact) mass is 459 g/mol. The van der Waals surface area contributed by atoms with Gasteiger partial charge in [0.1, 0.15) is 11.6 Å². The van der Waals surface area contributed by atoms with Crippen LogP contribution in [-0.4, -0.2) is 43.2 Å². The first-order valence-electron chi connectivity index (χ1n) is 11.5. The number of nitrogens with zero attached hydrogens (tertiary/aromatic N) is 2. The molecule has 170 valence electrons. The van der Waals surface area contributed by atoms with Crippen LogP contribution in [0.15, 0.2) is 72.8 Å². The predicted octanol–water partition coefficient (Wildman–Crippen LogP) is 5.27. The zero-order valence-corrected chi connectivity index (χ0v) is 19.7. The highest BCUT2D eigenvalue weighted by molar-refractivity contribution is 7.18. The van der Waals surface area contributed by atoms with E-state index in [1.54, 1.807) is 18.4 Å². The summed E-state index contributed by atoms with van der Waals surface area (Å²) in [6.45, 7) is 4.56. The van der Waals surface area contributed by atoms with Crippen molar-refractivity contribution in [2.24, 2.45) is 0 Å². The van der Waals surface area contributed by atoms with E-state index >= 15 is 0 Å². The molecule has 5 rings (SSSR count). The molecule has 0 amide bonds. The zero-order valence-electron chi connectivity index (χ0n) is 18.9. The van der Waals surface area contributed by atoms with Gasteiger partial charge < -0.3 is 14.8 Å². The largest absolute Gasteiger partial charge is 0.493 e. The third-order valence-electron chi connectivity index (χ3n) is 6.02. The molecule has 3 aromatic carbocycles. The van der Waals surface area contributed by atoms with Crippen LogP contribution >= 0.6 is 11.3 Å². The third-order valence-corrected chi connectivity index (χ3v) is 7.11. The lowest BCUT2D eigenvalue weighted by atomic mass is 10.0. The molecule has 1 aliphatic heterocycles. The normalized spacial score (nSPS) is 15.8. The highest BCUT2D eigenvalue weighted by Gasteiger charge is 2.27. The summed E-state index contributed by atoms with van der Waals surface area (Å²) in [4.78, 5) is 7.57. The van der Waals surface area contributed by atoms with E-state index in [2.05, 4.69) is 58.7 Å². The van der Waals surface area contributed by atoms with Crippen molar-refractivity contribution in [1.82, 2.24) is 15.2 Å². The van der Waals surface area contributed by atoms with Crippen LogP contribution in [0.5, 0.6) is 11.5 Å². The smallest absolute Gasteiger partial charge is 0.161 e. The van der Waals surface area contributed by atoms with Gasteiger partial charge >= 0.3 is 0 Å². The van der Waals surface area contributed by atoms with Crippen LogP contribution in [0.2, 0.25) is 0 Å². The summed E-state index contributed by atoms with van der Waals surface area (Å²) in [5.41, 5.74) is 3.37. The number of methoxy groups -OCH3 is 1. The first-order chi connectivity index (χ1) is 16.3. The molecule has 1 atom stereocenters. The molecule has 2 heterocycles. The fourth-order valence-electron chi connectivity index (χ4n) is 4.35. The SMILES string of the molecule is COc1cc(C(c2nc3ccccc3s2)N2CCCNCC2)ccc1OCc1ccccc1. The first kappa shape index (κ1) is 21.9. The van der Waals surface area contributed by atoms with E-state index in [0.717, 1.165) is 60.2 Å². The number of hydrogen-bond donors (Lipinski definition) is 1. The summed E-state index contributed by atoms with van der Waals surface area (Å²) >= 11 is 1.78. The van der Waals surface area contributed by atoms with Gasteiger partial charge in [0.2, 0.25) is 0 Å². The van der Waals surface area contributed by atoms with E-state index in [9.17, 15) is 0 Å². The maximum Gasteiger partial charge on any atom is 0.161 e. The van der Waals surface area contributed by atoms with Crippen molar-refractivity contribution in [3.63, 3.8) is 0 Å². The molecular formula is C27H29N3O2S. The minimum Gasteiger partial charge on any atom is -0.493 e. The van der Waals surface area contributed by atoms with E-state index < -0.39 is 0 Å². The summed E-state index contributed by atoms with van der Waals surface area (Å²) in [7, 11) is 1.71. The van der Waals surface area contributed by atoms with Crippen LogP contribution in [0, 0.1) is 0 Å². The summed E-state index contributed by atoms with van der Waals surface area (Å²) in [6, 6.07) is 25.0. The Labute approximate surface area is 199 Å². The fourth-order valence-corrected chi connectivity index (χ4v) is 5.48. The van der Waals surface area contributed by atoms with Gasteiger partial charge in [-0.25, -0.2) is 4.98 Å². The number of thiazole rings is 1. The lowest BCUT2D eigenvalue weighted by Gasteiger charge is -2.29. The van der Waals surface area contributed by atoms with Crippen molar-refractivity contribution in [3.8, 4) is 11.5 Å².